The summed E-state index contributed by atoms with van der Waals surface area (Å²) in [5, 5.41) is 2.69. The summed E-state index contributed by atoms with van der Waals surface area (Å²) in [5.41, 5.74) is 0.431. The number of halogens is 1. The molecule has 7 heteroatoms. The predicted molar refractivity (Wildman–Crippen MR) is 85.0 cm³/mol. The summed E-state index contributed by atoms with van der Waals surface area (Å²) in [7, 11) is -3.08. The van der Waals surface area contributed by atoms with Gasteiger partial charge >= 0.3 is 0 Å². The summed E-state index contributed by atoms with van der Waals surface area (Å²) in [5.74, 6) is -0.311. The number of piperidine rings is 1. The minimum Gasteiger partial charge on any atom is -0.352 e. The van der Waals surface area contributed by atoms with E-state index in [1.165, 1.54) is 24.3 Å². The monoisotopic (exact) mass is 340 g/mol. The molecular weight excluding hydrogens is 319 g/mol. The highest BCUT2D eigenvalue weighted by molar-refractivity contribution is 7.90. The zero-order chi connectivity index (χ0) is 16.4. The Morgan fingerprint density at radius 3 is 2.30 bits per heavy atom. The number of benzene rings is 1. The maximum Gasteiger partial charge on any atom is 0.251 e. The van der Waals surface area contributed by atoms with Gasteiger partial charge in [0, 0.05) is 25.2 Å². The van der Waals surface area contributed by atoms with Crippen LogP contribution in [0.3, 0.4) is 0 Å². The van der Waals surface area contributed by atoms with Gasteiger partial charge in [0.15, 0.2) is 0 Å². The van der Waals surface area contributed by atoms with Crippen molar-refractivity contribution in [2.45, 2.75) is 30.9 Å². The zero-order valence-electron chi connectivity index (χ0n) is 12.9. The molecule has 5 nitrogen and oxygen atoms in total. The van der Waals surface area contributed by atoms with Crippen molar-refractivity contribution < 1.29 is 17.6 Å². The molecule has 1 amide bonds. The van der Waals surface area contributed by atoms with Crippen molar-refractivity contribution in [3.8, 4) is 0 Å². The Morgan fingerprint density at radius 2 is 1.74 bits per heavy atom. The maximum atomic E-state index is 12.8. The smallest absolute Gasteiger partial charge is 0.251 e. The van der Waals surface area contributed by atoms with Gasteiger partial charge in [0.1, 0.15) is 5.82 Å². The topological polar surface area (TPSA) is 66.5 Å². The fraction of sp³-hybridized carbons (Fsp3) is 0.562. The molecule has 0 radical (unpaired) electrons. The average molecular weight is 340 g/mol. The Morgan fingerprint density at radius 1 is 1.13 bits per heavy atom. The Kier molecular flexibility index (Phi) is 4.68. The first-order chi connectivity index (χ1) is 11.0. The third-order valence-corrected chi connectivity index (χ3v) is 6.94. The highest BCUT2D eigenvalue weighted by Crippen LogP contribution is 2.33. The van der Waals surface area contributed by atoms with Crippen LogP contribution in [0.25, 0.3) is 0 Å². The van der Waals surface area contributed by atoms with Crippen molar-refractivity contribution >= 4 is 15.9 Å². The van der Waals surface area contributed by atoms with Gasteiger partial charge in [0.05, 0.1) is 5.25 Å². The highest BCUT2D eigenvalue weighted by atomic mass is 32.2. The van der Waals surface area contributed by atoms with Gasteiger partial charge in [0.2, 0.25) is 10.0 Å². The van der Waals surface area contributed by atoms with Crippen LogP contribution in [0.5, 0.6) is 0 Å². The molecule has 0 bridgehead atoms. The number of amides is 1. The molecule has 23 heavy (non-hydrogen) atoms. The summed E-state index contributed by atoms with van der Waals surface area (Å²) in [6.45, 7) is 1.60. The largest absolute Gasteiger partial charge is 0.352 e. The lowest BCUT2D eigenvalue weighted by molar-refractivity contribution is 0.0941. The first-order valence-corrected chi connectivity index (χ1v) is 9.50. The number of rotatable bonds is 5. The van der Waals surface area contributed by atoms with Crippen LogP contribution < -0.4 is 5.32 Å². The zero-order valence-corrected chi connectivity index (χ0v) is 13.7. The molecule has 1 heterocycles. The number of hydrogen-bond acceptors (Lipinski definition) is 3. The standard InChI is InChI=1S/C16H21FN2O3S/c17-14-3-1-13(2-4-14)16(20)18-11-12-7-9-19(10-8-12)23(21,22)15-5-6-15/h1-4,12,15H,5-11H2,(H,18,20). The quantitative estimate of drug-likeness (QED) is 0.888. The Labute approximate surface area is 135 Å². The van der Waals surface area contributed by atoms with Crippen LogP contribution in [0.4, 0.5) is 4.39 Å². The molecule has 1 aromatic carbocycles. The fourth-order valence-corrected chi connectivity index (χ4v) is 4.76. The number of nitrogens with zero attached hydrogens (tertiary/aromatic N) is 1. The Hall–Kier alpha value is -1.47. The van der Waals surface area contributed by atoms with E-state index in [4.69, 9.17) is 0 Å². The molecule has 1 saturated carbocycles. The molecule has 0 atom stereocenters. The molecule has 1 aliphatic carbocycles. The van der Waals surface area contributed by atoms with Crippen LogP contribution in [-0.4, -0.2) is 43.5 Å². The van der Waals surface area contributed by atoms with E-state index in [-0.39, 0.29) is 22.9 Å². The van der Waals surface area contributed by atoms with E-state index in [9.17, 15) is 17.6 Å². The van der Waals surface area contributed by atoms with Crippen molar-refractivity contribution in [3.05, 3.63) is 35.6 Å². The van der Waals surface area contributed by atoms with Crippen molar-refractivity contribution in [1.29, 1.82) is 0 Å². The van der Waals surface area contributed by atoms with Gasteiger partial charge in [-0.15, -0.1) is 0 Å². The van der Waals surface area contributed by atoms with Gasteiger partial charge in [0.25, 0.3) is 5.91 Å². The van der Waals surface area contributed by atoms with Crippen molar-refractivity contribution in [3.63, 3.8) is 0 Å². The molecule has 1 aliphatic heterocycles. The Bertz CT molecular complexity index is 663. The van der Waals surface area contributed by atoms with Gasteiger partial charge in [-0.1, -0.05) is 0 Å². The van der Waals surface area contributed by atoms with E-state index in [1.54, 1.807) is 4.31 Å². The van der Waals surface area contributed by atoms with E-state index in [1.807, 2.05) is 0 Å². The van der Waals surface area contributed by atoms with Crippen LogP contribution in [0.1, 0.15) is 36.0 Å². The molecular formula is C16H21FN2O3S. The van der Waals surface area contributed by atoms with Crippen molar-refractivity contribution in [2.24, 2.45) is 5.92 Å². The van der Waals surface area contributed by atoms with Crippen LogP contribution >= 0.6 is 0 Å². The molecule has 1 saturated heterocycles. The lowest BCUT2D eigenvalue weighted by atomic mass is 9.98. The Balaban J connectivity index is 1.45. The van der Waals surface area contributed by atoms with Crippen LogP contribution in [0.2, 0.25) is 0 Å². The summed E-state index contributed by atoms with van der Waals surface area (Å²) in [4.78, 5) is 12.0. The number of hydrogen-bond donors (Lipinski definition) is 1. The second-order valence-corrected chi connectivity index (χ2v) is 8.52. The van der Waals surface area contributed by atoms with E-state index in [2.05, 4.69) is 5.32 Å². The van der Waals surface area contributed by atoms with Gasteiger partial charge in [-0.25, -0.2) is 17.1 Å². The van der Waals surface area contributed by atoms with Gasteiger partial charge < -0.3 is 5.32 Å². The number of nitrogens with one attached hydrogen (secondary N) is 1. The third-order valence-electron chi connectivity index (χ3n) is 4.54. The predicted octanol–water partition coefficient (Wildman–Crippen LogP) is 1.76. The SMILES string of the molecule is O=C(NCC1CCN(S(=O)(=O)C2CC2)CC1)c1ccc(F)cc1. The molecule has 0 spiro atoms. The van der Waals surface area contributed by atoms with Gasteiger partial charge in [-0.3, -0.25) is 4.79 Å². The second-order valence-electron chi connectivity index (χ2n) is 6.30. The molecule has 2 fully saturated rings. The minimum absolute atomic E-state index is 0.155. The first-order valence-electron chi connectivity index (χ1n) is 7.99. The van der Waals surface area contributed by atoms with E-state index in [0.29, 0.717) is 25.2 Å². The van der Waals surface area contributed by atoms with E-state index < -0.39 is 10.0 Å². The molecule has 2 aliphatic rings. The molecule has 1 N–H and O–H groups in total. The summed E-state index contributed by atoms with van der Waals surface area (Å²) >= 11 is 0. The number of carbonyl (C=O) groups is 1. The summed E-state index contributed by atoms with van der Waals surface area (Å²) in [6, 6.07) is 5.43. The van der Waals surface area contributed by atoms with Crippen LogP contribution in [0, 0.1) is 11.7 Å². The molecule has 0 aromatic heterocycles. The normalized spacial score (nSPS) is 20.4. The molecule has 1 aromatic rings. The number of sulfonamides is 1. The third kappa shape index (κ3) is 3.90. The van der Waals surface area contributed by atoms with Crippen LogP contribution in [0.15, 0.2) is 24.3 Å². The van der Waals surface area contributed by atoms with E-state index >= 15 is 0 Å². The molecule has 0 unspecified atom stereocenters. The molecule has 3 rings (SSSR count). The lowest BCUT2D eigenvalue weighted by Gasteiger charge is -2.31. The average Bonchev–Trinajstić information content (AvgIpc) is 3.39. The van der Waals surface area contributed by atoms with Crippen molar-refractivity contribution in [2.75, 3.05) is 19.6 Å². The summed E-state index contributed by atoms with van der Waals surface area (Å²) in [6.07, 6.45) is 3.09. The van der Waals surface area contributed by atoms with Crippen molar-refractivity contribution in [1.82, 2.24) is 9.62 Å². The van der Waals surface area contributed by atoms with Crippen LogP contribution in [-0.2, 0) is 10.0 Å². The van der Waals surface area contributed by atoms with Gasteiger partial charge in [-0.2, -0.15) is 0 Å². The van der Waals surface area contributed by atoms with Gasteiger partial charge in [-0.05, 0) is 55.9 Å². The maximum absolute atomic E-state index is 12.8. The second kappa shape index (κ2) is 6.57. The number of carbonyl (C=O) groups excluding carboxylic acids is 1. The fourth-order valence-electron chi connectivity index (χ4n) is 2.88. The molecule has 126 valence electrons. The minimum atomic E-state index is -3.08. The summed E-state index contributed by atoms with van der Waals surface area (Å²) < 4.78 is 38.8. The highest BCUT2D eigenvalue weighted by Gasteiger charge is 2.41. The first kappa shape index (κ1) is 16.4. The van der Waals surface area contributed by atoms with E-state index in [0.717, 1.165) is 25.7 Å². The lowest BCUT2D eigenvalue weighted by Crippen LogP contribution is -2.42.